The summed E-state index contributed by atoms with van der Waals surface area (Å²) in [4.78, 5) is 47.9. The van der Waals surface area contributed by atoms with Gasteiger partial charge in [0, 0.05) is 38.5 Å². The fourth-order valence-corrected chi connectivity index (χ4v) is 9.53. The predicted molar refractivity (Wildman–Crippen MR) is 134 cm³/mol. The molecule has 4 aliphatic rings. The van der Waals surface area contributed by atoms with Crippen LogP contribution in [0.2, 0.25) is 0 Å². The molecule has 37 heavy (non-hydrogen) atoms. The van der Waals surface area contributed by atoms with Crippen LogP contribution in [0.25, 0.3) is 0 Å². The number of esters is 3. The lowest BCUT2D eigenvalue weighted by Crippen LogP contribution is -2.63. The molecule has 0 aromatic carbocycles. The van der Waals surface area contributed by atoms with Crippen molar-refractivity contribution in [3.63, 3.8) is 0 Å². The molecule has 4 saturated carbocycles. The second-order valence-electron chi connectivity index (χ2n) is 12.8. The van der Waals surface area contributed by atoms with E-state index in [0.717, 1.165) is 38.5 Å². The second-order valence-corrected chi connectivity index (χ2v) is 12.8. The molecule has 8 nitrogen and oxygen atoms in total. The van der Waals surface area contributed by atoms with Gasteiger partial charge in [-0.25, -0.2) is 0 Å². The fourth-order valence-electron chi connectivity index (χ4n) is 9.53. The minimum absolute atomic E-state index is 0.0531. The molecule has 11 atom stereocenters. The Morgan fingerprint density at radius 2 is 1.51 bits per heavy atom. The summed E-state index contributed by atoms with van der Waals surface area (Å²) in [6.07, 6.45) is 5.00. The Morgan fingerprint density at radius 1 is 0.865 bits per heavy atom. The lowest BCUT2D eigenvalue weighted by molar-refractivity contribution is -0.224. The molecule has 0 heterocycles. The van der Waals surface area contributed by atoms with Gasteiger partial charge in [-0.05, 0) is 80.0 Å². The quantitative estimate of drug-likeness (QED) is 0.393. The lowest BCUT2D eigenvalue weighted by atomic mass is 9.43. The van der Waals surface area contributed by atoms with Gasteiger partial charge in [0.25, 0.3) is 0 Å². The van der Waals surface area contributed by atoms with Gasteiger partial charge < -0.3 is 19.3 Å². The van der Waals surface area contributed by atoms with E-state index in [1.165, 1.54) is 20.8 Å². The molecule has 0 radical (unpaired) electrons. The van der Waals surface area contributed by atoms with E-state index in [2.05, 4.69) is 13.8 Å². The number of aliphatic carboxylic acids is 1. The van der Waals surface area contributed by atoms with Crippen molar-refractivity contribution in [2.45, 2.75) is 111 Å². The molecule has 0 aliphatic heterocycles. The summed E-state index contributed by atoms with van der Waals surface area (Å²) in [5.74, 6) is -0.958. The molecule has 4 fully saturated rings. The number of carbonyl (C=O) groups is 4. The van der Waals surface area contributed by atoms with Gasteiger partial charge in [0.15, 0.2) is 0 Å². The molecule has 0 bridgehead atoms. The summed E-state index contributed by atoms with van der Waals surface area (Å²) in [6, 6.07) is 0. The zero-order chi connectivity index (χ0) is 27.3. The maximum atomic E-state index is 12.3. The first kappa shape index (κ1) is 27.9. The Labute approximate surface area is 220 Å². The summed E-state index contributed by atoms with van der Waals surface area (Å²) < 4.78 is 17.8. The first-order valence-electron chi connectivity index (χ1n) is 14.0. The highest BCUT2D eigenvalue weighted by atomic mass is 16.6. The van der Waals surface area contributed by atoms with Gasteiger partial charge in [0.2, 0.25) is 0 Å². The predicted octanol–water partition coefficient (Wildman–Crippen LogP) is 4.77. The largest absolute Gasteiger partial charge is 0.481 e. The second kappa shape index (κ2) is 10.2. The zero-order valence-corrected chi connectivity index (χ0v) is 23.2. The first-order valence-corrected chi connectivity index (χ1v) is 14.0. The van der Waals surface area contributed by atoms with Crippen molar-refractivity contribution in [1.29, 1.82) is 0 Å². The van der Waals surface area contributed by atoms with Crippen molar-refractivity contribution in [2.75, 3.05) is 0 Å². The van der Waals surface area contributed by atoms with Crippen molar-refractivity contribution >= 4 is 23.9 Å². The van der Waals surface area contributed by atoms with E-state index in [1.54, 1.807) is 0 Å². The molecular weight excluding hydrogens is 476 g/mol. The van der Waals surface area contributed by atoms with Crippen LogP contribution in [0.4, 0.5) is 0 Å². The highest BCUT2D eigenvalue weighted by molar-refractivity contribution is 5.67. The van der Waals surface area contributed by atoms with Crippen molar-refractivity contribution in [3.05, 3.63) is 0 Å². The van der Waals surface area contributed by atoms with Crippen LogP contribution in [0.3, 0.4) is 0 Å². The SMILES string of the molecule is CC(=O)O[C@H]1CC[C@@]2(C)[C@H](C1)C[C@@H](OC(C)=O)[C@H]1[C@H]2C[C@@H](OC(C)=O)[C@@]2(C)[C@@H]1CC[C@H]2[C@@H](C)CC(=O)O. The van der Waals surface area contributed by atoms with Crippen LogP contribution in [-0.4, -0.2) is 47.3 Å². The molecule has 208 valence electrons. The number of rotatable bonds is 6. The average molecular weight is 521 g/mol. The third-order valence-corrected chi connectivity index (χ3v) is 10.9. The number of carboxylic acid groups (broad SMARTS) is 1. The van der Waals surface area contributed by atoms with E-state index in [4.69, 9.17) is 14.2 Å². The monoisotopic (exact) mass is 520 g/mol. The van der Waals surface area contributed by atoms with Crippen molar-refractivity contribution in [1.82, 2.24) is 0 Å². The van der Waals surface area contributed by atoms with Crippen LogP contribution in [0.15, 0.2) is 0 Å². The van der Waals surface area contributed by atoms with Crippen molar-refractivity contribution in [2.24, 2.45) is 46.3 Å². The number of carbonyl (C=O) groups excluding carboxylic acids is 3. The number of hydrogen-bond acceptors (Lipinski definition) is 7. The highest BCUT2D eigenvalue weighted by Gasteiger charge is 2.67. The third kappa shape index (κ3) is 5.01. The standard InChI is InChI=1S/C29H44O8/c1-15(11-26(33)34)21-7-8-22-27-23(14-25(29(21,22)6)37-18(4)32)28(5)10-9-20(35-16(2)30)12-19(28)13-24(27)36-17(3)31/h15,19-25,27H,7-14H2,1-6H3,(H,33,34)/t15-,19+,20-,21-,22+,23+,24+,25+,27+,28-,29+/m0/s1. The van der Waals surface area contributed by atoms with Crippen LogP contribution in [0.1, 0.15) is 92.9 Å². The molecule has 1 N–H and O–H groups in total. The maximum absolute atomic E-state index is 12.3. The molecule has 4 aliphatic carbocycles. The zero-order valence-electron chi connectivity index (χ0n) is 23.2. The van der Waals surface area contributed by atoms with Gasteiger partial charge in [-0.1, -0.05) is 20.8 Å². The van der Waals surface area contributed by atoms with E-state index >= 15 is 0 Å². The Balaban J connectivity index is 1.73. The summed E-state index contributed by atoms with van der Waals surface area (Å²) in [6.45, 7) is 10.9. The molecule has 4 rings (SSSR count). The minimum Gasteiger partial charge on any atom is -0.481 e. The topological polar surface area (TPSA) is 116 Å². The van der Waals surface area contributed by atoms with Gasteiger partial charge in [-0.2, -0.15) is 0 Å². The molecular formula is C29H44O8. The normalized spacial score (nSPS) is 43.4. The molecule has 0 unspecified atom stereocenters. The molecule has 0 aromatic rings. The summed E-state index contributed by atoms with van der Waals surface area (Å²) in [7, 11) is 0. The Bertz CT molecular complexity index is 931. The van der Waals surface area contributed by atoms with Crippen molar-refractivity contribution < 1.29 is 38.5 Å². The van der Waals surface area contributed by atoms with Crippen LogP contribution in [-0.2, 0) is 33.4 Å². The maximum Gasteiger partial charge on any atom is 0.303 e. The smallest absolute Gasteiger partial charge is 0.303 e. The van der Waals surface area contributed by atoms with Gasteiger partial charge >= 0.3 is 23.9 Å². The van der Waals surface area contributed by atoms with Crippen LogP contribution in [0.5, 0.6) is 0 Å². The van der Waals surface area contributed by atoms with E-state index in [-0.39, 0.29) is 83.6 Å². The van der Waals surface area contributed by atoms with Crippen LogP contribution < -0.4 is 0 Å². The van der Waals surface area contributed by atoms with Gasteiger partial charge in [-0.3, -0.25) is 19.2 Å². The molecule has 0 saturated heterocycles. The third-order valence-electron chi connectivity index (χ3n) is 10.9. The number of ether oxygens (including phenoxy) is 3. The minimum atomic E-state index is -0.812. The van der Waals surface area contributed by atoms with Gasteiger partial charge in [0.1, 0.15) is 18.3 Å². The van der Waals surface area contributed by atoms with Gasteiger partial charge in [0.05, 0.1) is 0 Å². The van der Waals surface area contributed by atoms with E-state index in [9.17, 15) is 24.3 Å². The van der Waals surface area contributed by atoms with Gasteiger partial charge in [-0.15, -0.1) is 0 Å². The Morgan fingerprint density at radius 3 is 2.11 bits per heavy atom. The first-order chi connectivity index (χ1) is 17.3. The molecule has 8 heteroatoms. The van der Waals surface area contributed by atoms with Crippen molar-refractivity contribution in [3.8, 4) is 0 Å². The Kier molecular flexibility index (Phi) is 7.70. The lowest BCUT2D eigenvalue weighted by Gasteiger charge is -2.64. The number of fused-ring (bicyclic) bond motifs is 5. The Hall–Kier alpha value is -2.12. The summed E-state index contributed by atoms with van der Waals surface area (Å²) in [5.41, 5.74) is -0.444. The fraction of sp³-hybridized carbons (Fsp3) is 0.862. The summed E-state index contributed by atoms with van der Waals surface area (Å²) >= 11 is 0. The highest BCUT2D eigenvalue weighted by Crippen LogP contribution is 2.69. The number of carboxylic acids is 1. The molecule has 0 spiro atoms. The molecule has 0 amide bonds. The van der Waals surface area contributed by atoms with E-state index in [1.807, 2.05) is 6.92 Å². The van der Waals surface area contributed by atoms with Crippen LogP contribution in [0, 0.1) is 46.3 Å². The van der Waals surface area contributed by atoms with Crippen LogP contribution >= 0.6 is 0 Å². The number of hydrogen-bond donors (Lipinski definition) is 1. The van der Waals surface area contributed by atoms with E-state index in [0.29, 0.717) is 6.42 Å². The summed E-state index contributed by atoms with van der Waals surface area (Å²) in [5, 5.41) is 9.53. The molecule has 0 aromatic heterocycles. The van der Waals surface area contributed by atoms with E-state index < -0.39 is 11.4 Å². The average Bonchev–Trinajstić information content (AvgIpc) is 3.12.